The fraction of sp³-hybridized carbons (Fsp3) is 0. The maximum absolute atomic E-state index is 2.34. The van der Waals surface area contributed by atoms with E-state index in [-0.39, 0.29) is 20.4 Å². The molecule has 40 valence electrons. The average molecular weight is 236 g/mol. The predicted octanol–water partition coefficient (Wildman–Crippen LogP) is 1.96. The fourth-order valence-electron chi connectivity index (χ4n) is 0.694. The summed E-state index contributed by atoms with van der Waals surface area (Å²) in [6.07, 6.45) is 0. The van der Waals surface area contributed by atoms with Gasteiger partial charge in [0.15, 0.2) is 0 Å². The SMILES string of the molecule is c1cc2cc[te]c2s1. The molecule has 0 radical (unpaired) electrons. The zero-order chi connectivity index (χ0) is 5.40. The van der Waals surface area contributed by atoms with E-state index < -0.39 is 0 Å². The van der Waals surface area contributed by atoms with Crippen LogP contribution in [0.15, 0.2) is 21.6 Å². The molecule has 0 saturated carbocycles. The van der Waals surface area contributed by atoms with Gasteiger partial charge in [0.2, 0.25) is 0 Å². The maximum atomic E-state index is 2.34. The zero-order valence-corrected chi connectivity index (χ0v) is 7.27. The molecule has 0 aromatic carbocycles. The van der Waals surface area contributed by atoms with E-state index in [4.69, 9.17) is 0 Å². The van der Waals surface area contributed by atoms with Crippen LogP contribution in [-0.4, -0.2) is 20.4 Å². The average Bonchev–Trinajstić information content (AvgIpc) is 2.15. The third-order valence-corrected chi connectivity index (χ3v) is 5.33. The van der Waals surface area contributed by atoms with Crippen LogP contribution in [0.5, 0.6) is 0 Å². The minimum absolute atomic E-state index is 0.141. The molecule has 0 amide bonds. The number of hydrogen-bond acceptors (Lipinski definition) is 1. The molecule has 0 bridgehead atoms. The summed E-state index contributed by atoms with van der Waals surface area (Å²) in [6.45, 7) is 0. The summed E-state index contributed by atoms with van der Waals surface area (Å²) < 4.78 is 3.99. The molecule has 2 heterocycles. The molecule has 0 aliphatic carbocycles. The van der Waals surface area contributed by atoms with Gasteiger partial charge in [-0.2, -0.15) is 0 Å². The van der Waals surface area contributed by atoms with Gasteiger partial charge in [-0.05, 0) is 0 Å². The molecular weight excluding hydrogens is 232 g/mol. The minimum atomic E-state index is 0.141. The molecule has 0 aliphatic rings. The zero-order valence-electron chi connectivity index (χ0n) is 4.13. The van der Waals surface area contributed by atoms with Crippen molar-refractivity contribution in [3.63, 3.8) is 0 Å². The van der Waals surface area contributed by atoms with Crippen LogP contribution < -0.4 is 0 Å². The molecule has 0 atom stereocenters. The second-order valence-corrected chi connectivity index (χ2v) is 5.92. The first-order chi connectivity index (χ1) is 3.97. The summed E-state index contributed by atoms with van der Waals surface area (Å²) in [5.41, 5.74) is 0. The molecule has 0 aliphatic heterocycles. The Morgan fingerprint density at radius 2 is 2.38 bits per heavy atom. The van der Waals surface area contributed by atoms with Gasteiger partial charge >= 0.3 is 61.5 Å². The van der Waals surface area contributed by atoms with Crippen LogP contribution in [0.3, 0.4) is 0 Å². The standard InChI is InChI=1S/C6H4STe/c1-3-7-6-5(1)2-4-8-6/h1-4H. The molecule has 2 heteroatoms. The third-order valence-electron chi connectivity index (χ3n) is 1.08. The van der Waals surface area contributed by atoms with Crippen molar-refractivity contribution in [2.45, 2.75) is 0 Å². The van der Waals surface area contributed by atoms with Crippen molar-refractivity contribution in [1.82, 2.24) is 0 Å². The Morgan fingerprint density at radius 3 is 3.25 bits per heavy atom. The number of thiophene rings is 1. The van der Waals surface area contributed by atoms with Gasteiger partial charge in [0, 0.05) is 0 Å². The Kier molecular flexibility index (Phi) is 1.18. The summed E-state index contributed by atoms with van der Waals surface area (Å²) in [7, 11) is 0. The number of hydrogen-bond donors (Lipinski definition) is 0. The van der Waals surface area contributed by atoms with Crippen LogP contribution in [0.4, 0.5) is 0 Å². The summed E-state index contributed by atoms with van der Waals surface area (Å²) in [6, 6.07) is 4.45. The molecule has 2 aromatic heterocycles. The van der Waals surface area contributed by atoms with Gasteiger partial charge in [-0.3, -0.25) is 0 Å². The van der Waals surface area contributed by atoms with Crippen molar-refractivity contribution in [3.05, 3.63) is 21.6 Å². The van der Waals surface area contributed by atoms with Crippen molar-refractivity contribution in [3.8, 4) is 0 Å². The molecule has 0 nitrogen and oxygen atoms in total. The Bertz CT molecular complexity index is 230. The van der Waals surface area contributed by atoms with Crippen molar-refractivity contribution < 1.29 is 0 Å². The van der Waals surface area contributed by atoms with Crippen LogP contribution in [0.25, 0.3) is 8.10 Å². The predicted molar refractivity (Wildman–Crippen MR) is 38.8 cm³/mol. The van der Waals surface area contributed by atoms with Gasteiger partial charge in [0.1, 0.15) is 0 Å². The van der Waals surface area contributed by atoms with Crippen molar-refractivity contribution in [2.75, 3.05) is 0 Å². The van der Waals surface area contributed by atoms with E-state index in [1.54, 1.807) is 2.72 Å². The van der Waals surface area contributed by atoms with Crippen LogP contribution in [0, 0.1) is 0 Å². The molecule has 0 saturated heterocycles. The Morgan fingerprint density at radius 1 is 1.38 bits per heavy atom. The quantitative estimate of drug-likeness (QED) is 0.613. The van der Waals surface area contributed by atoms with Crippen molar-refractivity contribution in [2.24, 2.45) is 0 Å². The first kappa shape index (κ1) is 5.05. The fourth-order valence-corrected chi connectivity index (χ4v) is 4.43. The van der Waals surface area contributed by atoms with Gasteiger partial charge in [0.05, 0.1) is 0 Å². The van der Waals surface area contributed by atoms with E-state index in [9.17, 15) is 0 Å². The summed E-state index contributed by atoms with van der Waals surface area (Å²) in [5.74, 6) is 0. The van der Waals surface area contributed by atoms with Gasteiger partial charge in [-0.25, -0.2) is 0 Å². The van der Waals surface area contributed by atoms with E-state index in [2.05, 4.69) is 21.6 Å². The number of fused-ring (bicyclic) bond motifs is 1. The van der Waals surface area contributed by atoms with E-state index in [0.29, 0.717) is 0 Å². The van der Waals surface area contributed by atoms with E-state index in [1.165, 1.54) is 5.39 Å². The van der Waals surface area contributed by atoms with Crippen molar-refractivity contribution in [1.29, 1.82) is 0 Å². The molecular formula is C6H4STe. The van der Waals surface area contributed by atoms with Crippen molar-refractivity contribution >= 4 is 39.9 Å². The third kappa shape index (κ3) is 0.647. The van der Waals surface area contributed by atoms with E-state index in [0.717, 1.165) is 0 Å². The second-order valence-electron chi connectivity index (χ2n) is 1.58. The normalized spacial score (nSPS) is 10.5. The molecule has 2 aromatic rings. The number of rotatable bonds is 0. The molecule has 0 N–H and O–H groups in total. The van der Waals surface area contributed by atoms with Gasteiger partial charge in [-0.15, -0.1) is 0 Å². The van der Waals surface area contributed by atoms with Crippen LogP contribution in [0.2, 0.25) is 0 Å². The molecule has 2 rings (SSSR count). The Hall–Kier alpha value is 0.230. The van der Waals surface area contributed by atoms with Gasteiger partial charge < -0.3 is 0 Å². The van der Waals surface area contributed by atoms with Gasteiger partial charge in [0.25, 0.3) is 0 Å². The van der Waals surface area contributed by atoms with E-state index in [1.807, 2.05) is 11.3 Å². The van der Waals surface area contributed by atoms with E-state index >= 15 is 0 Å². The Balaban J connectivity index is 3.06. The van der Waals surface area contributed by atoms with Crippen LogP contribution >= 0.6 is 11.3 Å². The topological polar surface area (TPSA) is 0 Å². The van der Waals surface area contributed by atoms with Gasteiger partial charge in [-0.1, -0.05) is 0 Å². The monoisotopic (exact) mass is 238 g/mol. The molecule has 8 heavy (non-hydrogen) atoms. The summed E-state index contributed by atoms with van der Waals surface area (Å²) in [4.78, 5) is 0. The first-order valence-electron chi connectivity index (χ1n) is 2.37. The summed E-state index contributed by atoms with van der Waals surface area (Å²) in [5, 5.41) is 3.66. The second kappa shape index (κ2) is 1.88. The molecule has 0 unspecified atom stereocenters. The van der Waals surface area contributed by atoms with Crippen LogP contribution in [-0.2, 0) is 0 Å². The Labute approximate surface area is 61.4 Å². The van der Waals surface area contributed by atoms with Crippen LogP contribution in [0.1, 0.15) is 0 Å². The summed E-state index contributed by atoms with van der Waals surface area (Å²) >= 11 is 2.05. The first-order valence-corrected chi connectivity index (χ1v) is 5.76. The molecule has 0 fully saturated rings. The molecule has 0 spiro atoms.